The number of ether oxygens (including phenoxy) is 1. The van der Waals surface area contributed by atoms with Gasteiger partial charge in [-0.3, -0.25) is 4.79 Å². The van der Waals surface area contributed by atoms with E-state index in [9.17, 15) is 4.79 Å². The van der Waals surface area contributed by atoms with Crippen LogP contribution < -0.4 is 11.1 Å². The van der Waals surface area contributed by atoms with E-state index in [0.29, 0.717) is 19.0 Å². The first-order chi connectivity index (χ1) is 7.58. The number of amides is 1. The van der Waals surface area contributed by atoms with Crippen LogP contribution in [0.4, 0.5) is 0 Å². The van der Waals surface area contributed by atoms with Gasteiger partial charge in [0.25, 0.3) is 0 Å². The first kappa shape index (κ1) is 13.5. The van der Waals surface area contributed by atoms with Gasteiger partial charge in [-0.1, -0.05) is 26.7 Å². The Morgan fingerprint density at radius 3 is 2.56 bits per heavy atom. The van der Waals surface area contributed by atoms with Crippen molar-refractivity contribution in [2.75, 3.05) is 19.7 Å². The number of hydrogen-bond donors (Lipinski definition) is 2. The Morgan fingerprint density at radius 1 is 1.44 bits per heavy atom. The van der Waals surface area contributed by atoms with E-state index in [0.717, 1.165) is 25.7 Å². The summed E-state index contributed by atoms with van der Waals surface area (Å²) in [4.78, 5) is 11.5. The molecule has 0 atom stereocenters. The molecule has 0 spiro atoms. The summed E-state index contributed by atoms with van der Waals surface area (Å²) >= 11 is 0. The van der Waals surface area contributed by atoms with Gasteiger partial charge in [0.1, 0.15) is 6.61 Å². The van der Waals surface area contributed by atoms with E-state index in [1.807, 2.05) is 0 Å². The van der Waals surface area contributed by atoms with Crippen LogP contribution in [0.1, 0.15) is 39.5 Å². The van der Waals surface area contributed by atoms with Gasteiger partial charge in [-0.25, -0.2) is 0 Å². The van der Waals surface area contributed by atoms with Crippen molar-refractivity contribution in [3.05, 3.63) is 0 Å². The lowest BCUT2D eigenvalue weighted by molar-refractivity contribution is -0.132. The maximum atomic E-state index is 11.5. The van der Waals surface area contributed by atoms with Crippen LogP contribution in [0.2, 0.25) is 0 Å². The molecule has 1 aliphatic rings. The van der Waals surface area contributed by atoms with E-state index in [4.69, 9.17) is 10.5 Å². The van der Waals surface area contributed by atoms with Crippen molar-refractivity contribution in [2.24, 2.45) is 11.7 Å². The summed E-state index contributed by atoms with van der Waals surface area (Å²) in [5.41, 5.74) is 5.49. The number of nitrogens with one attached hydrogen (secondary N) is 1. The van der Waals surface area contributed by atoms with Gasteiger partial charge in [0.2, 0.25) is 5.91 Å². The van der Waals surface area contributed by atoms with Gasteiger partial charge in [-0.15, -0.1) is 0 Å². The zero-order chi connectivity index (χ0) is 12.0. The first-order valence-electron chi connectivity index (χ1n) is 6.19. The van der Waals surface area contributed by atoms with Crippen LogP contribution in [0, 0.1) is 5.92 Å². The van der Waals surface area contributed by atoms with Crippen LogP contribution >= 0.6 is 0 Å². The lowest BCUT2D eigenvalue weighted by Crippen LogP contribution is -2.41. The molecular weight excluding hydrogens is 204 g/mol. The molecule has 1 saturated carbocycles. The molecular formula is C12H24N2O2. The van der Waals surface area contributed by atoms with E-state index in [1.165, 1.54) is 0 Å². The number of rotatable bonds is 6. The molecule has 0 saturated heterocycles. The molecule has 3 N–H and O–H groups in total. The minimum atomic E-state index is -0.227. The van der Waals surface area contributed by atoms with Gasteiger partial charge in [0.15, 0.2) is 0 Å². The molecule has 1 aliphatic carbocycles. The molecule has 0 aromatic carbocycles. The second kappa shape index (κ2) is 6.21. The van der Waals surface area contributed by atoms with Crippen LogP contribution in [0.15, 0.2) is 0 Å². The third-order valence-corrected chi connectivity index (χ3v) is 3.10. The summed E-state index contributed by atoms with van der Waals surface area (Å²) in [7, 11) is 0. The molecule has 0 aliphatic heterocycles. The third kappa shape index (κ3) is 4.10. The SMILES string of the molecule is CC(C)CNC(=O)COC1(CN)CCCC1. The van der Waals surface area contributed by atoms with Crippen LogP contribution in [-0.2, 0) is 9.53 Å². The second-order valence-electron chi connectivity index (χ2n) is 5.08. The third-order valence-electron chi connectivity index (χ3n) is 3.10. The summed E-state index contributed by atoms with van der Waals surface area (Å²) in [5, 5.41) is 2.84. The molecule has 94 valence electrons. The molecule has 0 bridgehead atoms. The van der Waals surface area contributed by atoms with E-state index >= 15 is 0 Å². The van der Waals surface area contributed by atoms with Crippen molar-refractivity contribution in [3.8, 4) is 0 Å². The zero-order valence-corrected chi connectivity index (χ0v) is 10.4. The molecule has 0 aromatic rings. The molecule has 1 fully saturated rings. The molecule has 16 heavy (non-hydrogen) atoms. The molecule has 4 heteroatoms. The van der Waals surface area contributed by atoms with Crippen LogP contribution in [0.5, 0.6) is 0 Å². The second-order valence-corrected chi connectivity index (χ2v) is 5.08. The lowest BCUT2D eigenvalue weighted by atomic mass is 10.0. The predicted molar refractivity (Wildman–Crippen MR) is 64.1 cm³/mol. The zero-order valence-electron chi connectivity index (χ0n) is 10.4. The summed E-state index contributed by atoms with van der Waals surface area (Å²) in [6.45, 7) is 5.51. The molecule has 0 heterocycles. The fraction of sp³-hybridized carbons (Fsp3) is 0.917. The monoisotopic (exact) mass is 228 g/mol. The van der Waals surface area contributed by atoms with Crippen molar-refractivity contribution in [1.29, 1.82) is 0 Å². The number of carbonyl (C=O) groups excluding carboxylic acids is 1. The minimum Gasteiger partial charge on any atom is -0.364 e. The van der Waals surface area contributed by atoms with Gasteiger partial charge < -0.3 is 15.8 Å². The Bertz CT molecular complexity index is 223. The topological polar surface area (TPSA) is 64.3 Å². The first-order valence-corrected chi connectivity index (χ1v) is 6.19. The highest BCUT2D eigenvalue weighted by atomic mass is 16.5. The van der Waals surface area contributed by atoms with Crippen LogP contribution in [0.25, 0.3) is 0 Å². The van der Waals surface area contributed by atoms with Crippen LogP contribution in [0.3, 0.4) is 0 Å². The van der Waals surface area contributed by atoms with Gasteiger partial charge in [0, 0.05) is 13.1 Å². The van der Waals surface area contributed by atoms with Crippen molar-refractivity contribution in [3.63, 3.8) is 0 Å². The van der Waals surface area contributed by atoms with Crippen molar-refractivity contribution in [1.82, 2.24) is 5.32 Å². The Kier molecular flexibility index (Phi) is 5.22. The number of nitrogens with two attached hydrogens (primary N) is 1. The van der Waals surface area contributed by atoms with Crippen molar-refractivity contribution >= 4 is 5.91 Å². The normalized spacial score (nSPS) is 19.0. The van der Waals surface area contributed by atoms with E-state index in [2.05, 4.69) is 19.2 Å². The van der Waals surface area contributed by atoms with E-state index in [1.54, 1.807) is 0 Å². The Labute approximate surface area is 97.9 Å². The molecule has 1 rings (SSSR count). The fourth-order valence-corrected chi connectivity index (χ4v) is 2.01. The Balaban J connectivity index is 2.24. The molecule has 0 aromatic heterocycles. The minimum absolute atomic E-state index is 0.0339. The molecule has 0 radical (unpaired) electrons. The predicted octanol–water partition coefficient (Wildman–Crippen LogP) is 1.05. The average Bonchev–Trinajstić information content (AvgIpc) is 2.73. The van der Waals surface area contributed by atoms with Gasteiger partial charge >= 0.3 is 0 Å². The van der Waals surface area contributed by atoms with E-state index in [-0.39, 0.29) is 18.1 Å². The maximum Gasteiger partial charge on any atom is 0.246 e. The summed E-state index contributed by atoms with van der Waals surface area (Å²) in [6.07, 6.45) is 4.29. The smallest absolute Gasteiger partial charge is 0.246 e. The highest BCUT2D eigenvalue weighted by Gasteiger charge is 2.33. The highest BCUT2D eigenvalue weighted by molar-refractivity contribution is 5.77. The summed E-state index contributed by atoms with van der Waals surface area (Å²) in [6, 6.07) is 0. The summed E-state index contributed by atoms with van der Waals surface area (Å²) in [5.74, 6) is 0.437. The maximum absolute atomic E-state index is 11.5. The Morgan fingerprint density at radius 2 is 2.06 bits per heavy atom. The fourth-order valence-electron chi connectivity index (χ4n) is 2.01. The number of hydrogen-bond acceptors (Lipinski definition) is 3. The standard InChI is InChI=1S/C12H24N2O2/c1-10(2)7-14-11(15)8-16-12(9-13)5-3-4-6-12/h10H,3-9,13H2,1-2H3,(H,14,15). The van der Waals surface area contributed by atoms with Crippen molar-refractivity contribution in [2.45, 2.75) is 45.1 Å². The van der Waals surface area contributed by atoms with Gasteiger partial charge in [-0.2, -0.15) is 0 Å². The van der Waals surface area contributed by atoms with Crippen LogP contribution in [-0.4, -0.2) is 31.2 Å². The average molecular weight is 228 g/mol. The molecule has 1 amide bonds. The van der Waals surface area contributed by atoms with E-state index < -0.39 is 0 Å². The summed E-state index contributed by atoms with van der Waals surface area (Å²) < 4.78 is 5.70. The Hall–Kier alpha value is -0.610. The van der Waals surface area contributed by atoms with Gasteiger partial charge in [0.05, 0.1) is 5.60 Å². The van der Waals surface area contributed by atoms with Crippen molar-refractivity contribution < 1.29 is 9.53 Å². The largest absolute Gasteiger partial charge is 0.364 e. The van der Waals surface area contributed by atoms with Gasteiger partial charge in [-0.05, 0) is 18.8 Å². The quantitative estimate of drug-likeness (QED) is 0.714. The molecule has 4 nitrogen and oxygen atoms in total. The molecule has 0 unspecified atom stereocenters. The number of carbonyl (C=O) groups is 1. The lowest BCUT2D eigenvalue weighted by Gasteiger charge is -2.27. The highest BCUT2D eigenvalue weighted by Crippen LogP contribution is 2.31.